The first-order valence-corrected chi connectivity index (χ1v) is 15.0. The van der Waals surface area contributed by atoms with Gasteiger partial charge in [0, 0.05) is 31.9 Å². The molecule has 0 spiro atoms. The molecule has 0 fully saturated rings. The monoisotopic (exact) mass is 530 g/mol. The number of hydrogen-bond donors (Lipinski definition) is 0. The van der Waals surface area contributed by atoms with Crippen LogP contribution in [0.2, 0.25) is 6.04 Å². The van der Waals surface area contributed by atoms with E-state index in [9.17, 15) is 4.79 Å². The van der Waals surface area contributed by atoms with Crippen LogP contribution in [0.15, 0.2) is 48.5 Å². The molecule has 0 heterocycles. The Balaban J connectivity index is 1.72. The minimum absolute atomic E-state index is 0.334. The number of rotatable bonds is 18. The summed E-state index contributed by atoms with van der Waals surface area (Å²) in [5, 5.41) is 0. The van der Waals surface area contributed by atoms with Crippen molar-refractivity contribution in [1.29, 1.82) is 0 Å². The summed E-state index contributed by atoms with van der Waals surface area (Å²) in [6, 6.07) is 14.6. The molecule has 0 aliphatic carbocycles. The fourth-order valence-corrected chi connectivity index (χ4v) is 6.67. The largest absolute Gasteiger partial charge is 0.500 e. The van der Waals surface area contributed by atoms with Gasteiger partial charge in [-0.2, -0.15) is 0 Å². The van der Waals surface area contributed by atoms with Gasteiger partial charge in [0.2, 0.25) is 0 Å². The summed E-state index contributed by atoms with van der Waals surface area (Å²) in [6.07, 6.45) is 7.02. The van der Waals surface area contributed by atoms with Gasteiger partial charge in [0.25, 0.3) is 0 Å². The van der Waals surface area contributed by atoms with Gasteiger partial charge in [0.15, 0.2) is 11.5 Å². The van der Waals surface area contributed by atoms with Gasteiger partial charge in [-0.05, 0) is 68.5 Å². The van der Waals surface area contributed by atoms with Crippen LogP contribution >= 0.6 is 0 Å². The molecule has 2 aromatic carbocycles. The van der Waals surface area contributed by atoms with Gasteiger partial charge in [-0.3, -0.25) is 0 Å². The average molecular weight is 531 g/mol. The lowest BCUT2D eigenvalue weighted by Gasteiger charge is -2.28. The van der Waals surface area contributed by atoms with Crippen molar-refractivity contribution in [3.8, 4) is 22.6 Å². The number of esters is 1. The maximum absolute atomic E-state index is 12.1. The Labute approximate surface area is 223 Å². The third-order valence-corrected chi connectivity index (χ3v) is 8.91. The molecule has 0 unspecified atom stereocenters. The van der Waals surface area contributed by atoms with Gasteiger partial charge in [0.05, 0.1) is 20.8 Å². The lowest BCUT2D eigenvalue weighted by molar-refractivity contribution is -0.137. The zero-order valence-electron chi connectivity index (χ0n) is 22.9. The molecule has 0 amide bonds. The second-order valence-electron chi connectivity index (χ2n) is 8.34. The van der Waals surface area contributed by atoms with Crippen LogP contribution in [0, 0.1) is 0 Å². The van der Waals surface area contributed by atoms with Crippen molar-refractivity contribution in [2.75, 3.05) is 40.6 Å². The first-order chi connectivity index (χ1) is 18.0. The van der Waals surface area contributed by atoms with E-state index in [1.54, 1.807) is 20.3 Å². The number of benzene rings is 2. The SMILES string of the molecule is CCO[Si](CCCCCCOC(=O)/C=C/c1ccc(-c2ccc(OC)c(OC)c2)cc1)(OCC)OCC. The van der Waals surface area contributed by atoms with E-state index < -0.39 is 8.80 Å². The first kappa shape index (κ1) is 30.6. The van der Waals surface area contributed by atoms with Crippen LogP contribution in [-0.4, -0.2) is 55.4 Å². The van der Waals surface area contributed by atoms with Gasteiger partial charge in [-0.25, -0.2) is 4.79 Å². The predicted octanol–water partition coefficient (Wildman–Crippen LogP) is 6.54. The number of carbonyl (C=O) groups is 1. The topological polar surface area (TPSA) is 72.5 Å². The van der Waals surface area contributed by atoms with Crippen LogP contribution in [0.3, 0.4) is 0 Å². The Hall–Kier alpha value is -2.65. The van der Waals surface area contributed by atoms with Crippen molar-refractivity contribution in [2.45, 2.75) is 52.5 Å². The quantitative estimate of drug-likeness (QED) is 0.0938. The maximum atomic E-state index is 12.1. The predicted molar refractivity (Wildman–Crippen MR) is 149 cm³/mol. The van der Waals surface area contributed by atoms with E-state index in [2.05, 4.69) is 0 Å². The Kier molecular flexibility index (Phi) is 14.0. The van der Waals surface area contributed by atoms with Gasteiger partial charge < -0.3 is 27.5 Å². The summed E-state index contributed by atoms with van der Waals surface area (Å²) in [5.41, 5.74) is 2.99. The van der Waals surface area contributed by atoms with Crippen LogP contribution in [-0.2, 0) is 22.8 Å². The molecule has 204 valence electrons. The number of methoxy groups -OCH3 is 2. The van der Waals surface area contributed by atoms with Gasteiger partial charge in [0.1, 0.15) is 0 Å². The van der Waals surface area contributed by atoms with Crippen molar-refractivity contribution in [3.63, 3.8) is 0 Å². The van der Waals surface area contributed by atoms with E-state index in [4.69, 9.17) is 27.5 Å². The van der Waals surface area contributed by atoms with E-state index >= 15 is 0 Å². The molecular formula is C29H42O7Si. The third kappa shape index (κ3) is 10.3. The second kappa shape index (κ2) is 17.0. The molecule has 8 heteroatoms. The normalized spacial score (nSPS) is 11.6. The number of ether oxygens (including phenoxy) is 3. The molecule has 0 bridgehead atoms. The maximum Gasteiger partial charge on any atom is 0.500 e. The summed E-state index contributed by atoms with van der Waals surface area (Å²) in [6.45, 7) is 8.10. The Bertz CT molecular complexity index is 942. The molecule has 0 N–H and O–H groups in total. The highest BCUT2D eigenvalue weighted by molar-refractivity contribution is 6.60. The molecule has 0 radical (unpaired) electrons. The van der Waals surface area contributed by atoms with Crippen molar-refractivity contribution in [2.24, 2.45) is 0 Å². The Morgan fingerprint density at radius 2 is 1.35 bits per heavy atom. The molecule has 2 aromatic rings. The molecule has 37 heavy (non-hydrogen) atoms. The van der Waals surface area contributed by atoms with Crippen LogP contribution in [0.5, 0.6) is 11.5 Å². The molecule has 0 atom stereocenters. The minimum Gasteiger partial charge on any atom is -0.493 e. The van der Waals surface area contributed by atoms with Crippen LogP contribution in [0.1, 0.15) is 52.0 Å². The van der Waals surface area contributed by atoms with E-state index in [0.29, 0.717) is 37.9 Å². The lowest BCUT2D eigenvalue weighted by Crippen LogP contribution is -2.45. The van der Waals surface area contributed by atoms with Crippen molar-refractivity contribution in [1.82, 2.24) is 0 Å². The highest BCUT2D eigenvalue weighted by Crippen LogP contribution is 2.32. The van der Waals surface area contributed by atoms with E-state index in [-0.39, 0.29) is 5.97 Å². The van der Waals surface area contributed by atoms with Crippen molar-refractivity contribution >= 4 is 20.8 Å². The van der Waals surface area contributed by atoms with Crippen molar-refractivity contribution < 1.29 is 32.3 Å². The summed E-state index contributed by atoms with van der Waals surface area (Å²) < 4.78 is 33.7. The number of unbranched alkanes of at least 4 members (excludes halogenated alkanes) is 3. The Morgan fingerprint density at radius 3 is 1.95 bits per heavy atom. The number of hydrogen-bond acceptors (Lipinski definition) is 7. The van der Waals surface area contributed by atoms with Gasteiger partial charge in [-0.1, -0.05) is 43.2 Å². The van der Waals surface area contributed by atoms with Gasteiger partial charge in [-0.15, -0.1) is 0 Å². The highest BCUT2D eigenvalue weighted by Gasteiger charge is 2.39. The van der Waals surface area contributed by atoms with E-state index in [1.807, 2.05) is 63.2 Å². The van der Waals surface area contributed by atoms with E-state index in [1.165, 1.54) is 6.08 Å². The van der Waals surface area contributed by atoms with Crippen LogP contribution < -0.4 is 9.47 Å². The standard InChI is InChI=1S/C29H42O7Si/c1-6-34-37(35-7-2,36-8-3)22-12-10-9-11-21-33-29(30)20-15-24-13-16-25(17-14-24)26-18-19-27(31-4)28(23-26)32-5/h13-20,23H,6-12,21-22H2,1-5H3/b20-15+. The molecule has 7 nitrogen and oxygen atoms in total. The summed E-state index contributed by atoms with van der Waals surface area (Å²) >= 11 is 0. The minimum atomic E-state index is -2.56. The van der Waals surface area contributed by atoms with Gasteiger partial charge >= 0.3 is 14.8 Å². The molecular weight excluding hydrogens is 488 g/mol. The fraction of sp³-hybridized carbons (Fsp3) is 0.483. The fourth-order valence-electron chi connectivity index (χ4n) is 3.99. The smallest absolute Gasteiger partial charge is 0.493 e. The van der Waals surface area contributed by atoms with E-state index in [0.717, 1.165) is 48.4 Å². The molecule has 0 aliphatic rings. The zero-order chi connectivity index (χ0) is 26.9. The molecule has 0 aromatic heterocycles. The Morgan fingerprint density at radius 1 is 0.757 bits per heavy atom. The lowest BCUT2D eigenvalue weighted by atomic mass is 10.0. The summed E-state index contributed by atoms with van der Waals surface area (Å²) in [5.74, 6) is 1.04. The molecule has 0 saturated heterocycles. The molecule has 0 saturated carbocycles. The first-order valence-electron chi connectivity index (χ1n) is 13.1. The number of carbonyl (C=O) groups excluding carboxylic acids is 1. The average Bonchev–Trinajstić information content (AvgIpc) is 2.91. The summed E-state index contributed by atoms with van der Waals surface area (Å²) in [4.78, 5) is 12.1. The third-order valence-electron chi connectivity index (χ3n) is 5.75. The zero-order valence-corrected chi connectivity index (χ0v) is 23.9. The highest BCUT2D eigenvalue weighted by atomic mass is 28.4. The van der Waals surface area contributed by atoms with Crippen LogP contribution in [0.25, 0.3) is 17.2 Å². The summed E-state index contributed by atoms with van der Waals surface area (Å²) in [7, 11) is 0.677. The second-order valence-corrected chi connectivity index (χ2v) is 11.1. The van der Waals surface area contributed by atoms with Crippen LogP contribution in [0.4, 0.5) is 0 Å². The van der Waals surface area contributed by atoms with Crippen molar-refractivity contribution in [3.05, 3.63) is 54.1 Å². The molecule has 0 aliphatic heterocycles. The molecule has 2 rings (SSSR count).